The van der Waals surface area contributed by atoms with Gasteiger partial charge in [0.05, 0.1) is 0 Å². The lowest BCUT2D eigenvalue weighted by atomic mass is 10.0. The molecular weight excluding hydrogens is 248 g/mol. The second kappa shape index (κ2) is 5.75. The number of hydrogen-bond acceptors (Lipinski definition) is 3. The van der Waals surface area contributed by atoms with Crippen molar-refractivity contribution in [2.45, 2.75) is 38.6 Å². The number of nitrogens with zero attached hydrogens (tertiary/aromatic N) is 3. The molecular formula is C16H22N4. The molecule has 0 saturated carbocycles. The van der Waals surface area contributed by atoms with E-state index in [9.17, 15) is 0 Å². The van der Waals surface area contributed by atoms with Crippen LogP contribution in [0.2, 0.25) is 0 Å². The normalized spacial score (nSPS) is 15.3. The van der Waals surface area contributed by atoms with Crippen molar-refractivity contribution >= 4 is 0 Å². The number of aryl methyl sites for hydroxylation is 3. The molecule has 1 unspecified atom stereocenters. The van der Waals surface area contributed by atoms with Crippen LogP contribution < -0.4 is 5.32 Å². The molecule has 0 saturated heterocycles. The highest BCUT2D eigenvalue weighted by Gasteiger charge is 2.13. The maximum absolute atomic E-state index is 4.29. The minimum atomic E-state index is 0.379. The van der Waals surface area contributed by atoms with Crippen molar-refractivity contribution in [3.63, 3.8) is 0 Å². The van der Waals surface area contributed by atoms with Crippen molar-refractivity contribution in [3.8, 4) is 0 Å². The summed E-state index contributed by atoms with van der Waals surface area (Å²) in [6.45, 7) is 3.13. The molecule has 1 N–H and O–H groups in total. The Bertz CT molecular complexity index is 588. The van der Waals surface area contributed by atoms with Crippen molar-refractivity contribution in [3.05, 3.63) is 47.0 Å². The molecule has 1 aliphatic carbocycles. The zero-order valence-corrected chi connectivity index (χ0v) is 12.3. The molecule has 1 aromatic carbocycles. The van der Waals surface area contributed by atoms with E-state index >= 15 is 0 Å². The van der Waals surface area contributed by atoms with Crippen LogP contribution in [0.3, 0.4) is 0 Å². The number of hydrogen-bond donors (Lipinski definition) is 1. The fourth-order valence-corrected chi connectivity index (χ4v) is 2.88. The van der Waals surface area contributed by atoms with Gasteiger partial charge in [-0.15, -0.1) is 0 Å². The monoisotopic (exact) mass is 270 g/mol. The third-order valence-electron chi connectivity index (χ3n) is 4.07. The second-order valence-electron chi connectivity index (χ2n) is 5.64. The van der Waals surface area contributed by atoms with Gasteiger partial charge in [0.1, 0.15) is 6.33 Å². The molecule has 0 fully saturated rings. The molecule has 1 aliphatic rings. The number of benzene rings is 1. The molecule has 0 spiro atoms. The van der Waals surface area contributed by atoms with E-state index in [0.29, 0.717) is 6.04 Å². The molecule has 1 aromatic heterocycles. The van der Waals surface area contributed by atoms with E-state index in [4.69, 9.17) is 0 Å². The van der Waals surface area contributed by atoms with Crippen LogP contribution >= 0.6 is 0 Å². The van der Waals surface area contributed by atoms with Gasteiger partial charge < -0.3 is 5.32 Å². The molecule has 106 valence electrons. The number of fused-ring (bicyclic) bond motifs is 1. The summed E-state index contributed by atoms with van der Waals surface area (Å²) in [6, 6.07) is 7.32. The zero-order valence-electron chi connectivity index (χ0n) is 12.3. The van der Waals surface area contributed by atoms with Crippen LogP contribution in [-0.2, 0) is 26.3 Å². The van der Waals surface area contributed by atoms with E-state index in [2.05, 4.69) is 40.5 Å². The van der Waals surface area contributed by atoms with Gasteiger partial charge in [-0.2, -0.15) is 5.10 Å². The van der Waals surface area contributed by atoms with E-state index in [1.165, 1.54) is 24.8 Å². The number of nitrogens with one attached hydrogen (secondary N) is 1. The van der Waals surface area contributed by atoms with Crippen molar-refractivity contribution in [1.82, 2.24) is 20.1 Å². The Hall–Kier alpha value is -1.68. The summed E-state index contributed by atoms with van der Waals surface area (Å²) in [7, 11) is 1.90. The molecule has 1 heterocycles. The fourth-order valence-electron chi connectivity index (χ4n) is 2.88. The summed E-state index contributed by atoms with van der Waals surface area (Å²) in [5.41, 5.74) is 4.47. The predicted molar refractivity (Wildman–Crippen MR) is 79.6 cm³/mol. The lowest BCUT2D eigenvalue weighted by Gasteiger charge is -2.15. The molecule has 3 rings (SSSR count). The lowest BCUT2D eigenvalue weighted by Crippen LogP contribution is -2.22. The molecule has 1 atom stereocenters. The van der Waals surface area contributed by atoms with Crippen LogP contribution in [0.25, 0.3) is 0 Å². The third kappa shape index (κ3) is 2.90. The first kappa shape index (κ1) is 13.3. The summed E-state index contributed by atoms with van der Waals surface area (Å²) in [4.78, 5) is 4.24. The van der Waals surface area contributed by atoms with Gasteiger partial charge in [0.15, 0.2) is 5.82 Å². The Morgan fingerprint density at radius 2 is 2.15 bits per heavy atom. The molecule has 0 bridgehead atoms. The van der Waals surface area contributed by atoms with Crippen LogP contribution in [0.1, 0.15) is 41.9 Å². The Morgan fingerprint density at radius 1 is 1.30 bits per heavy atom. The van der Waals surface area contributed by atoms with Crippen molar-refractivity contribution in [2.24, 2.45) is 7.05 Å². The van der Waals surface area contributed by atoms with Crippen molar-refractivity contribution in [2.75, 3.05) is 6.54 Å². The largest absolute Gasteiger partial charge is 0.310 e. The van der Waals surface area contributed by atoms with Gasteiger partial charge in [-0.25, -0.2) is 4.98 Å². The van der Waals surface area contributed by atoms with E-state index in [1.54, 1.807) is 22.1 Å². The smallest absolute Gasteiger partial charge is 0.151 e. The fraction of sp³-hybridized carbons (Fsp3) is 0.500. The van der Waals surface area contributed by atoms with Gasteiger partial charge in [0.2, 0.25) is 0 Å². The van der Waals surface area contributed by atoms with Crippen LogP contribution in [0.5, 0.6) is 0 Å². The second-order valence-corrected chi connectivity index (χ2v) is 5.64. The standard InChI is InChI=1S/C16H22N4/c1-12(17-9-8-16-18-11-20(2)19-16)14-7-6-13-4-3-5-15(13)10-14/h6-7,10-12,17H,3-5,8-9H2,1-2H3. The summed E-state index contributed by atoms with van der Waals surface area (Å²) < 4.78 is 1.75. The van der Waals surface area contributed by atoms with E-state index < -0.39 is 0 Å². The Morgan fingerprint density at radius 3 is 2.95 bits per heavy atom. The minimum absolute atomic E-state index is 0.379. The highest BCUT2D eigenvalue weighted by molar-refractivity contribution is 5.36. The van der Waals surface area contributed by atoms with Gasteiger partial charge in [-0.3, -0.25) is 4.68 Å². The van der Waals surface area contributed by atoms with Crippen molar-refractivity contribution < 1.29 is 0 Å². The average molecular weight is 270 g/mol. The highest BCUT2D eigenvalue weighted by Crippen LogP contribution is 2.25. The summed E-state index contributed by atoms with van der Waals surface area (Å²) >= 11 is 0. The molecule has 2 aromatic rings. The Balaban J connectivity index is 1.55. The summed E-state index contributed by atoms with van der Waals surface area (Å²) in [5.74, 6) is 0.904. The predicted octanol–water partition coefficient (Wildman–Crippen LogP) is 2.20. The molecule has 0 radical (unpaired) electrons. The minimum Gasteiger partial charge on any atom is -0.310 e. The van der Waals surface area contributed by atoms with Crippen LogP contribution in [-0.4, -0.2) is 21.3 Å². The van der Waals surface area contributed by atoms with Gasteiger partial charge in [0, 0.05) is 26.1 Å². The molecule has 4 nitrogen and oxygen atoms in total. The third-order valence-corrected chi connectivity index (χ3v) is 4.07. The summed E-state index contributed by atoms with van der Waals surface area (Å²) in [6.07, 6.45) is 6.43. The number of aromatic nitrogens is 3. The Labute approximate surface area is 120 Å². The maximum Gasteiger partial charge on any atom is 0.151 e. The molecule has 20 heavy (non-hydrogen) atoms. The zero-order chi connectivity index (χ0) is 13.9. The lowest BCUT2D eigenvalue weighted by molar-refractivity contribution is 0.568. The van der Waals surface area contributed by atoms with Crippen molar-refractivity contribution in [1.29, 1.82) is 0 Å². The van der Waals surface area contributed by atoms with Gasteiger partial charge >= 0.3 is 0 Å². The SMILES string of the molecule is CC(NCCc1ncn(C)n1)c1ccc2c(c1)CCC2. The van der Waals surface area contributed by atoms with Gasteiger partial charge in [-0.05, 0) is 42.9 Å². The molecule has 0 aliphatic heterocycles. The first-order chi connectivity index (χ1) is 9.72. The van der Waals surface area contributed by atoms with Crippen LogP contribution in [0, 0.1) is 0 Å². The Kier molecular flexibility index (Phi) is 3.83. The van der Waals surface area contributed by atoms with E-state index in [-0.39, 0.29) is 0 Å². The average Bonchev–Trinajstić information content (AvgIpc) is 3.06. The van der Waals surface area contributed by atoms with Crippen LogP contribution in [0.4, 0.5) is 0 Å². The van der Waals surface area contributed by atoms with Crippen LogP contribution in [0.15, 0.2) is 24.5 Å². The topological polar surface area (TPSA) is 42.7 Å². The first-order valence-electron chi connectivity index (χ1n) is 7.42. The number of rotatable bonds is 5. The quantitative estimate of drug-likeness (QED) is 0.905. The maximum atomic E-state index is 4.29. The van der Waals surface area contributed by atoms with Gasteiger partial charge in [-0.1, -0.05) is 18.2 Å². The highest BCUT2D eigenvalue weighted by atomic mass is 15.3. The van der Waals surface area contributed by atoms with Gasteiger partial charge in [0.25, 0.3) is 0 Å². The summed E-state index contributed by atoms with van der Waals surface area (Å²) in [5, 5.41) is 7.85. The molecule has 4 heteroatoms. The molecule has 0 amide bonds. The van der Waals surface area contributed by atoms with E-state index in [1.807, 2.05) is 7.05 Å². The van der Waals surface area contributed by atoms with E-state index in [0.717, 1.165) is 18.8 Å². The first-order valence-corrected chi connectivity index (χ1v) is 7.42.